The summed E-state index contributed by atoms with van der Waals surface area (Å²) in [6, 6.07) is 0. The molecule has 0 radical (unpaired) electrons. The third kappa shape index (κ3) is 12.6. The molecule has 0 spiro atoms. The van der Waals surface area contributed by atoms with Crippen molar-refractivity contribution >= 4 is 89.2 Å². The van der Waals surface area contributed by atoms with Crippen LogP contribution < -0.4 is 169 Å². The van der Waals surface area contributed by atoms with E-state index < -0.39 is 35.5 Å². The SMILES string of the molecule is O=C([O-])c1c(O)[nH]sc1=S.O=C([O-])c1c(O)[nH]sc1=S.O=C([O-])c1c(O)[nH]sc1=S.[K+].[K+].[K+]. The van der Waals surface area contributed by atoms with Gasteiger partial charge in [0.1, 0.15) is 11.5 Å². The van der Waals surface area contributed by atoms with Gasteiger partial charge in [0.25, 0.3) is 0 Å². The van der Waals surface area contributed by atoms with Crippen LogP contribution in [0.15, 0.2) is 0 Å². The van der Waals surface area contributed by atoms with E-state index in [9.17, 15) is 29.7 Å². The fraction of sp³-hybridized carbons (Fsp3) is 0. The second-order valence-corrected chi connectivity index (χ2v) is 8.96. The van der Waals surface area contributed by atoms with E-state index in [0.29, 0.717) is 0 Å². The second kappa shape index (κ2) is 19.4. The molecule has 3 aromatic heterocycles. The minimum absolute atomic E-state index is 0. The number of carboxylic acid groups (broad SMARTS) is 3. The van der Waals surface area contributed by atoms with Crippen LogP contribution in [-0.2, 0) is 0 Å². The van der Waals surface area contributed by atoms with Crippen molar-refractivity contribution in [2.75, 3.05) is 0 Å². The average molecular weight is 646 g/mol. The standard InChI is InChI=1S/3C4H3NO3S2.3K/c3*6-2-1(3(7)8)4(9)10-5-2;;;/h3*5-6H,(H,7,8);;;/q;;;3*+1/p-3. The number of nitrogens with one attached hydrogen (secondary N) is 3. The molecule has 0 fully saturated rings. The molecule has 0 unspecified atom stereocenters. The summed E-state index contributed by atoms with van der Waals surface area (Å²) in [4.78, 5) is 30.5. The van der Waals surface area contributed by atoms with Gasteiger partial charge in [-0.15, -0.1) is 0 Å². The summed E-state index contributed by atoms with van der Waals surface area (Å²) in [5.41, 5.74) is -1.000. The first-order valence-corrected chi connectivity index (χ1v) is 10.4. The number of rotatable bonds is 3. The predicted molar refractivity (Wildman–Crippen MR) is 106 cm³/mol. The Balaban J connectivity index is -0.000000391. The van der Waals surface area contributed by atoms with Crippen LogP contribution in [0.3, 0.4) is 0 Å². The number of aromatic amines is 3. The second-order valence-electron chi connectivity index (χ2n) is 4.51. The molecule has 0 bridgehead atoms. The van der Waals surface area contributed by atoms with Crippen LogP contribution in [0.1, 0.15) is 31.1 Å². The van der Waals surface area contributed by atoms with E-state index in [4.69, 9.17) is 15.3 Å². The molecule has 0 atom stereocenters. The number of carbonyl (C=O) groups is 3. The summed E-state index contributed by atoms with van der Waals surface area (Å²) in [5, 5.41) is 56.8. The maximum Gasteiger partial charge on any atom is 1.00 e. The molecular weight excluding hydrogens is 640 g/mol. The van der Waals surface area contributed by atoms with Crippen molar-refractivity contribution in [3.8, 4) is 17.6 Å². The van der Waals surface area contributed by atoms with Gasteiger partial charge in [0.2, 0.25) is 17.6 Å². The van der Waals surface area contributed by atoms with Crippen LogP contribution in [0, 0.1) is 11.5 Å². The van der Waals surface area contributed by atoms with Crippen LogP contribution in [0.4, 0.5) is 0 Å². The Bertz CT molecular complexity index is 1100. The van der Waals surface area contributed by atoms with Crippen LogP contribution in [0.5, 0.6) is 17.6 Å². The Morgan fingerprint density at radius 1 is 0.576 bits per heavy atom. The molecule has 0 amide bonds. The molecule has 6 N–H and O–H groups in total. The van der Waals surface area contributed by atoms with Gasteiger partial charge in [-0.3, -0.25) is 13.1 Å². The van der Waals surface area contributed by atoms with Gasteiger partial charge in [-0.2, -0.15) is 0 Å². The molecule has 12 nitrogen and oxygen atoms in total. The predicted octanol–water partition coefficient (Wildman–Crippen LogP) is -9.36. The zero-order chi connectivity index (χ0) is 23.2. The van der Waals surface area contributed by atoms with Gasteiger partial charge in [-0.05, 0) is 34.6 Å². The number of carboxylic acids is 3. The number of H-pyrrole nitrogens is 3. The van der Waals surface area contributed by atoms with Gasteiger partial charge in [0, 0.05) is 0 Å². The van der Waals surface area contributed by atoms with Crippen molar-refractivity contribution in [2.24, 2.45) is 0 Å². The van der Waals surface area contributed by atoms with E-state index in [1.54, 1.807) is 0 Å². The quantitative estimate of drug-likeness (QED) is 0.115. The number of aromatic carboxylic acids is 3. The molecule has 0 aliphatic carbocycles. The fourth-order valence-electron chi connectivity index (χ4n) is 1.42. The number of aromatic nitrogens is 3. The average Bonchev–Trinajstić information content (AvgIpc) is 3.26. The van der Waals surface area contributed by atoms with Crippen molar-refractivity contribution in [1.82, 2.24) is 13.1 Å². The first kappa shape index (κ1) is 39.8. The van der Waals surface area contributed by atoms with Crippen LogP contribution in [-0.4, -0.2) is 46.3 Å². The van der Waals surface area contributed by atoms with Crippen molar-refractivity contribution in [3.63, 3.8) is 0 Å². The minimum Gasteiger partial charge on any atom is -0.545 e. The van der Waals surface area contributed by atoms with Crippen LogP contribution in [0.25, 0.3) is 0 Å². The van der Waals surface area contributed by atoms with Crippen molar-refractivity contribution < 1.29 is 199 Å². The number of hydrogen-bond donors (Lipinski definition) is 6. The third-order valence-corrected chi connectivity index (χ3v) is 6.07. The molecule has 0 aliphatic heterocycles. The maximum atomic E-state index is 10.2. The van der Waals surface area contributed by atoms with Crippen molar-refractivity contribution in [1.29, 1.82) is 0 Å². The molecule has 0 saturated carbocycles. The summed E-state index contributed by atoms with van der Waals surface area (Å²) < 4.78 is 7.16. The summed E-state index contributed by atoms with van der Waals surface area (Å²) in [7, 11) is 0. The van der Waals surface area contributed by atoms with Crippen LogP contribution in [0.2, 0.25) is 0 Å². The van der Waals surface area contributed by atoms with E-state index in [2.05, 4.69) is 49.8 Å². The van der Waals surface area contributed by atoms with E-state index in [0.717, 1.165) is 34.6 Å². The Morgan fingerprint density at radius 2 is 0.758 bits per heavy atom. The number of carbonyl (C=O) groups excluding carboxylic acids is 3. The van der Waals surface area contributed by atoms with Gasteiger partial charge in [0.05, 0.1) is 34.6 Å². The topological polar surface area (TPSA) is 228 Å². The smallest absolute Gasteiger partial charge is 0.545 e. The molecule has 21 heteroatoms. The molecule has 33 heavy (non-hydrogen) atoms. The van der Waals surface area contributed by atoms with Gasteiger partial charge in [0.15, 0.2) is 0 Å². The Morgan fingerprint density at radius 3 is 0.818 bits per heavy atom. The molecule has 3 rings (SSSR count). The summed E-state index contributed by atoms with van der Waals surface area (Å²) in [6.45, 7) is 0. The molecule has 162 valence electrons. The normalized spacial score (nSPS) is 8.73. The summed E-state index contributed by atoms with van der Waals surface area (Å²) in [6.07, 6.45) is 0. The van der Waals surface area contributed by atoms with E-state index in [-0.39, 0.29) is 182 Å². The van der Waals surface area contributed by atoms with E-state index >= 15 is 0 Å². The number of hydrogen-bond acceptors (Lipinski definition) is 15. The molecule has 0 aromatic carbocycles. The van der Waals surface area contributed by atoms with Crippen molar-refractivity contribution in [2.45, 2.75) is 0 Å². The van der Waals surface area contributed by atoms with Gasteiger partial charge < -0.3 is 45.0 Å². The van der Waals surface area contributed by atoms with Crippen molar-refractivity contribution in [3.05, 3.63) is 28.2 Å². The first-order chi connectivity index (χ1) is 13.9. The van der Waals surface area contributed by atoms with Gasteiger partial charge >= 0.3 is 154 Å². The zero-order valence-electron chi connectivity index (χ0n) is 16.7. The summed E-state index contributed by atoms with van der Waals surface area (Å²) >= 11 is 16.3. The monoisotopic (exact) mass is 645 g/mol. The first-order valence-electron chi connectivity index (χ1n) is 6.73. The van der Waals surface area contributed by atoms with E-state index in [1.165, 1.54) is 0 Å². The molecule has 3 aromatic rings. The largest absolute Gasteiger partial charge is 1.00 e. The number of aromatic hydroxyl groups is 3. The molecule has 3 heterocycles. The Hall–Kier alpha value is 2.27. The van der Waals surface area contributed by atoms with E-state index in [1.807, 2.05) is 0 Å². The fourth-order valence-corrected chi connectivity index (χ4v) is 4.06. The van der Waals surface area contributed by atoms with Crippen LogP contribution >= 0.6 is 71.3 Å². The summed E-state index contributed by atoms with van der Waals surface area (Å²) in [5.74, 6) is -5.68. The Kier molecular flexibility index (Phi) is 23.3. The molecular formula is C12H6K3N3O9S6. The third-order valence-electron chi connectivity index (χ3n) is 2.66. The minimum atomic E-state index is -1.46. The van der Waals surface area contributed by atoms with Gasteiger partial charge in [-0.25, -0.2) is 0 Å². The maximum absolute atomic E-state index is 10.2. The molecule has 0 saturated heterocycles. The van der Waals surface area contributed by atoms with Gasteiger partial charge in [-0.1, -0.05) is 36.7 Å². The Labute approximate surface area is 339 Å². The molecule has 0 aliphatic rings. The zero-order valence-corrected chi connectivity index (χ0v) is 31.0.